The summed E-state index contributed by atoms with van der Waals surface area (Å²) in [6, 6.07) is 8.02. The Morgan fingerprint density at radius 2 is 1.96 bits per heavy atom. The van der Waals surface area contributed by atoms with Crippen LogP contribution in [0.5, 0.6) is 5.75 Å². The number of aryl methyl sites for hydroxylation is 2. The maximum atomic E-state index is 5.66. The highest BCUT2D eigenvalue weighted by molar-refractivity contribution is 14.0. The first-order chi connectivity index (χ1) is 11.6. The predicted molar refractivity (Wildman–Crippen MR) is 116 cm³/mol. The molecule has 0 unspecified atom stereocenters. The summed E-state index contributed by atoms with van der Waals surface area (Å²) < 4.78 is 5.66. The van der Waals surface area contributed by atoms with Crippen LogP contribution in [-0.4, -0.2) is 24.1 Å². The summed E-state index contributed by atoms with van der Waals surface area (Å²) in [6.45, 7) is 10.9. The number of rotatable bonds is 7. The molecule has 7 heteroatoms. The lowest BCUT2D eigenvalue weighted by molar-refractivity contribution is 0.336. The van der Waals surface area contributed by atoms with Crippen molar-refractivity contribution in [1.82, 2.24) is 15.6 Å². The van der Waals surface area contributed by atoms with Crippen LogP contribution in [-0.2, 0) is 13.1 Å². The second kappa shape index (κ2) is 11.3. The van der Waals surface area contributed by atoms with Crippen molar-refractivity contribution < 1.29 is 4.74 Å². The van der Waals surface area contributed by atoms with Gasteiger partial charge in [-0.25, -0.2) is 9.98 Å². The zero-order valence-electron chi connectivity index (χ0n) is 15.3. The van der Waals surface area contributed by atoms with Gasteiger partial charge in [0, 0.05) is 17.0 Å². The van der Waals surface area contributed by atoms with E-state index >= 15 is 0 Å². The van der Waals surface area contributed by atoms with E-state index in [0.29, 0.717) is 19.7 Å². The third-order valence-electron chi connectivity index (χ3n) is 3.50. The van der Waals surface area contributed by atoms with Gasteiger partial charge in [-0.05, 0) is 33.8 Å². The third-order valence-corrected chi connectivity index (χ3v) is 4.58. The van der Waals surface area contributed by atoms with Gasteiger partial charge in [-0.3, -0.25) is 0 Å². The van der Waals surface area contributed by atoms with Crippen LogP contribution in [0.4, 0.5) is 0 Å². The van der Waals surface area contributed by atoms with Crippen LogP contribution < -0.4 is 15.4 Å². The Morgan fingerprint density at radius 3 is 2.60 bits per heavy atom. The number of hydrogen-bond donors (Lipinski definition) is 2. The summed E-state index contributed by atoms with van der Waals surface area (Å²) >= 11 is 1.72. The number of nitrogens with zero attached hydrogens (tertiary/aromatic N) is 2. The molecular formula is C18H27IN4OS. The lowest BCUT2D eigenvalue weighted by Crippen LogP contribution is -2.36. The van der Waals surface area contributed by atoms with Crippen LogP contribution in [0.1, 0.15) is 35.0 Å². The lowest BCUT2D eigenvalue weighted by atomic mass is 10.2. The van der Waals surface area contributed by atoms with Crippen molar-refractivity contribution in [2.24, 2.45) is 4.99 Å². The standard InChI is InChI=1S/C18H26N4OS.HI/c1-5-19-18(21-12-17-22-13(3)14(4)24-17)20-11-15-9-7-8-10-16(15)23-6-2;/h7-10H,5-6,11-12H2,1-4H3,(H2,19,20,21);1H. The van der Waals surface area contributed by atoms with Crippen LogP contribution in [0.2, 0.25) is 0 Å². The average Bonchev–Trinajstić information content (AvgIpc) is 2.90. The fourth-order valence-electron chi connectivity index (χ4n) is 2.21. The molecule has 0 aliphatic rings. The molecule has 2 rings (SSSR count). The highest BCUT2D eigenvalue weighted by Crippen LogP contribution is 2.19. The summed E-state index contributed by atoms with van der Waals surface area (Å²) in [5.41, 5.74) is 2.18. The second-order valence-electron chi connectivity index (χ2n) is 5.34. The molecule has 0 aliphatic heterocycles. The Bertz CT molecular complexity index is 668. The van der Waals surface area contributed by atoms with Crippen molar-refractivity contribution >= 4 is 41.3 Å². The highest BCUT2D eigenvalue weighted by Gasteiger charge is 2.06. The van der Waals surface area contributed by atoms with Gasteiger partial charge in [0.1, 0.15) is 10.8 Å². The molecule has 0 saturated heterocycles. The number of thiazole rings is 1. The smallest absolute Gasteiger partial charge is 0.191 e. The van der Waals surface area contributed by atoms with Gasteiger partial charge in [-0.15, -0.1) is 35.3 Å². The molecule has 1 aromatic carbocycles. The van der Waals surface area contributed by atoms with Gasteiger partial charge in [-0.1, -0.05) is 18.2 Å². The van der Waals surface area contributed by atoms with E-state index in [0.717, 1.165) is 34.5 Å². The van der Waals surface area contributed by atoms with E-state index in [2.05, 4.69) is 34.5 Å². The Morgan fingerprint density at radius 1 is 1.20 bits per heavy atom. The Hall–Kier alpha value is -1.35. The molecule has 0 atom stereocenters. The minimum Gasteiger partial charge on any atom is -0.494 e. The largest absolute Gasteiger partial charge is 0.494 e. The minimum atomic E-state index is 0. The van der Waals surface area contributed by atoms with Crippen LogP contribution in [0, 0.1) is 13.8 Å². The van der Waals surface area contributed by atoms with Gasteiger partial charge >= 0.3 is 0 Å². The quantitative estimate of drug-likeness (QED) is 0.362. The number of benzene rings is 1. The highest BCUT2D eigenvalue weighted by atomic mass is 127. The molecule has 0 radical (unpaired) electrons. The molecule has 0 spiro atoms. The van der Waals surface area contributed by atoms with Gasteiger partial charge in [0.2, 0.25) is 0 Å². The number of nitrogens with one attached hydrogen (secondary N) is 2. The van der Waals surface area contributed by atoms with Gasteiger partial charge in [0.15, 0.2) is 5.96 Å². The number of aromatic nitrogens is 1. The average molecular weight is 474 g/mol. The number of halogens is 1. The molecule has 2 aromatic rings. The Kier molecular flexibility index (Phi) is 9.81. The molecule has 138 valence electrons. The summed E-state index contributed by atoms with van der Waals surface area (Å²) in [4.78, 5) is 10.5. The van der Waals surface area contributed by atoms with Crippen molar-refractivity contribution in [2.75, 3.05) is 13.2 Å². The molecule has 5 nitrogen and oxygen atoms in total. The van der Waals surface area contributed by atoms with E-state index in [9.17, 15) is 0 Å². The van der Waals surface area contributed by atoms with Crippen molar-refractivity contribution in [1.29, 1.82) is 0 Å². The van der Waals surface area contributed by atoms with Gasteiger partial charge in [-0.2, -0.15) is 0 Å². The molecule has 1 aromatic heterocycles. The number of guanidine groups is 1. The lowest BCUT2D eigenvalue weighted by Gasteiger charge is -2.11. The molecular weight excluding hydrogens is 447 g/mol. The first-order valence-corrected chi connectivity index (χ1v) is 9.11. The number of para-hydroxylation sites is 1. The van der Waals surface area contributed by atoms with Crippen molar-refractivity contribution in [3.8, 4) is 5.75 Å². The zero-order valence-corrected chi connectivity index (χ0v) is 18.4. The number of aliphatic imine (C=N–C) groups is 1. The van der Waals surface area contributed by atoms with E-state index < -0.39 is 0 Å². The maximum Gasteiger partial charge on any atom is 0.191 e. The molecule has 1 heterocycles. The van der Waals surface area contributed by atoms with Gasteiger partial charge < -0.3 is 15.4 Å². The van der Waals surface area contributed by atoms with Crippen LogP contribution in [0.15, 0.2) is 29.3 Å². The van der Waals surface area contributed by atoms with E-state index in [-0.39, 0.29) is 24.0 Å². The van der Waals surface area contributed by atoms with E-state index in [1.807, 2.05) is 38.1 Å². The van der Waals surface area contributed by atoms with Gasteiger partial charge in [0.05, 0.1) is 25.4 Å². The van der Waals surface area contributed by atoms with Crippen LogP contribution in [0.25, 0.3) is 0 Å². The summed E-state index contributed by atoms with van der Waals surface area (Å²) in [6.07, 6.45) is 0. The van der Waals surface area contributed by atoms with Crippen molar-refractivity contribution in [3.63, 3.8) is 0 Å². The zero-order chi connectivity index (χ0) is 17.4. The number of ether oxygens (including phenoxy) is 1. The monoisotopic (exact) mass is 474 g/mol. The topological polar surface area (TPSA) is 58.5 Å². The number of hydrogen-bond acceptors (Lipinski definition) is 4. The molecule has 0 aliphatic carbocycles. The maximum absolute atomic E-state index is 5.66. The van der Waals surface area contributed by atoms with E-state index in [4.69, 9.17) is 4.74 Å². The summed E-state index contributed by atoms with van der Waals surface area (Å²) in [7, 11) is 0. The minimum absolute atomic E-state index is 0. The third kappa shape index (κ3) is 6.81. The molecule has 25 heavy (non-hydrogen) atoms. The van der Waals surface area contributed by atoms with E-state index in [1.54, 1.807) is 11.3 Å². The van der Waals surface area contributed by atoms with Crippen molar-refractivity contribution in [2.45, 2.75) is 40.8 Å². The summed E-state index contributed by atoms with van der Waals surface area (Å²) in [5, 5.41) is 7.69. The summed E-state index contributed by atoms with van der Waals surface area (Å²) in [5.74, 6) is 1.68. The van der Waals surface area contributed by atoms with E-state index in [1.165, 1.54) is 4.88 Å². The Labute approximate surface area is 171 Å². The molecule has 0 amide bonds. The van der Waals surface area contributed by atoms with Crippen LogP contribution >= 0.6 is 35.3 Å². The first-order valence-electron chi connectivity index (χ1n) is 8.29. The van der Waals surface area contributed by atoms with Crippen molar-refractivity contribution in [3.05, 3.63) is 45.4 Å². The fraction of sp³-hybridized carbons (Fsp3) is 0.444. The molecule has 0 fully saturated rings. The molecule has 0 saturated carbocycles. The fourth-order valence-corrected chi connectivity index (χ4v) is 3.08. The molecule has 2 N–H and O–H groups in total. The SMILES string of the molecule is CCNC(=NCc1ccccc1OCC)NCc1nc(C)c(C)s1.I. The Balaban J connectivity index is 0.00000312. The normalized spacial score (nSPS) is 11.0. The predicted octanol–water partition coefficient (Wildman–Crippen LogP) is 4.03. The first kappa shape index (κ1) is 21.7. The van der Waals surface area contributed by atoms with Crippen LogP contribution in [0.3, 0.4) is 0 Å². The van der Waals surface area contributed by atoms with Gasteiger partial charge in [0.25, 0.3) is 0 Å². The molecule has 0 bridgehead atoms. The second-order valence-corrected chi connectivity index (χ2v) is 6.63.